The molecule has 4 aromatic rings. The number of nitrogens with zero attached hydrogens (tertiary/aromatic N) is 2. The van der Waals surface area contributed by atoms with Crippen molar-refractivity contribution in [1.29, 1.82) is 0 Å². The molecule has 0 fully saturated rings. The predicted molar refractivity (Wildman–Crippen MR) is 84.9 cm³/mol. The minimum absolute atomic E-state index is 0. The van der Waals surface area contributed by atoms with Crippen LogP contribution in [0.1, 0.15) is 11.1 Å². The molecule has 2 nitrogen and oxygen atoms in total. The van der Waals surface area contributed by atoms with E-state index in [1.54, 1.807) is 0 Å². The quantitative estimate of drug-likeness (QED) is 0.237. The first-order valence-electron chi connectivity index (χ1n) is 6.42. The normalized spacial score (nSPS) is 10.1. The maximum atomic E-state index is 4.49. The largest absolute Gasteiger partial charge is 0.358 e. The Morgan fingerprint density at radius 3 is 2.68 bits per heavy atom. The van der Waals surface area contributed by atoms with Gasteiger partial charge in [-0.25, -0.2) is 0 Å². The molecule has 22 heavy (non-hydrogen) atoms. The van der Waals surface area contributed by atoms with Crippen LogP contribution >= 0.6 is 0 Å². The summed E-state index contributed by atoms with van der Waals surface area (Å²) in [4.78, 5) is 4.49. The van der Waals surface area contributed by atoms with Gasteiger partial charge in [0.25, 0.3) is 0 Å². The fraction of sp³-hybridized carbons (Fsp3) is 0.111. The summed E-state index contributed by atoms with van der Waals surface area (Å²) in [5.74, 6) is 0. The molecule has 0 bridgehead atoms. The first kappa shape index (κ1) is 19.4. The van der Waals surface area contributed by atoms with E-state index in [0.717, 1.165) is 11.0 Å². The average molecular weight is 541 g/mol. The van der Waals surface area contributed by atoms with E-state index in [1.165, 1.54) is 27.4 Å². The van der Waals surface area contributed by atoms with E-state index in [-0.39, 0.29) is 60.2 Å². The Morgan fingerprint density at radius 1 is 1.14 bits per heavy atom. The molecule has 0 unspecified atom stereocenters. The first-order chi connectivity index (χ1) is 9.25. The van der Waals surface area contributed by atoms with Gasteiger partial charge in [0.15, 0.2) is 0 Å². The van der Waals surface area contributed by atoms with Gasteiger partial charge in [-0.15, -0.1) is 29.7 Å². The Labute approximate surface area is 169 Å². The van der Waals surface area contributed by atoms with E-state index in [4.69, 9.17) is 0 Å². The summed E-state index contributed by atoms with van der Waals surface area (Å²) in [5.41, 5.74) is 4.79. The molecule has 0 amide bonds. The molecule has 112 valence electrons. The summed E-state index contributed by atoms with van der Waals surface area (Å²) in [5, 5.41) is 3.59. The van der Waals surface area contributed by atoms with Crippen LogP contribution in [0.15, 0.2) is 42.7 Å². The predicted octanol–water partition coefficient (Wildman–Crippen LogP) is 4.50. The van der Waals surface area contributed by atoms with Gasteiger partial charge in [0.2, 0.25) is 0 Å². The third-order valence-electron chi connectivity index (χ3n) is 3.70. The van der Waals surface area contributed by atoms with Gasteiger partial charge >= 0.3 is 0 Å². The molecule has 4 rings (SSSR count). The number of aryl methyl sites for hydroxylation is 2. The van der Waals surface area contributed by atoms with Crippen LogP contribution < -0.4 is 0 Å². The van der Waals surface area contributed by atoms with Crippen LogP contribution in [-0.4, -0.2) is 9.38 Å². The van der Waals surface area contributed by atoms with Crippen LogP contribution in [0.3, 0.4) is 0 Å². The molecule has 0 N–H and O–H groups in total. The molecular weight excluding hydrogens is 525 g/mol. The fourth-order valence-electron chi connectivity index (χ4n) is 3.00. The molecule has 0 aliphatic heterocycles. The summed E-state index contributed by atoms with van der Waals surface area (Å²) in [6, 6.07) is 13.9. The maximum Gasteiger partial charge on any atom is 0.0608 e. The van der Waals surface area contributed by atoms with Gasteiger partial charge in [-0.2, -0.15) is 0 Å². The smallest absolute Gasteiger partial charge is 0.0608 e. The van der Waals surface area contributed by atoms with Crippen LogP contribution in [0.25, 0.3) is 27.3 Å². The van der Waals surface area contributed by atoms with Crippen molar-refractivity contribution in [3.05, 3.63) is 67.3 Å². The molecule has 4 heteroatoms. The number of imidazole rings is 1. The number of pyridine rings is 1. The van der Waals surface area contributed by atoms with Crippen molar-refractivity contribution in [2.24, 2.45) is 0 Å². The Kier molecular flexibility index (Phi) is 6.47. The van der Waals surface area contributed by atoms with E-state index in [2.05, 4.69) is 47.5 Å². The third-order valence-corrected chi connectivity index (χ3v) is 3.70. The van der Waals surface area contributed by atoms with Gasteiger partial charge in [0.1, 0.15) is 0 Å². The molecule has 2 aromatic carbocycles. The second-order valence-corrected chi connectivity index (χ2v) is 5.06. The SMILES string of the molecule is Cc1cc(C)c2c(c1)c1ccc[c-]c1c1nccn12.[CH3-].[Ir].[Y]. The van der Waals surface area contributed by atoms with Gasteiger partial charge in [0.05, 0.1) is 5.65 Å². The molecule has 0 spiro atoms. The van der Waals surface area contributed by atoms with Crippen molar-refractivity contribution in [3.8, 4) is 0 Å². The monoisotopic (exact) mass is 542 g/mol. The van der Waals surface area contributed by atoms with Crippen LogP contribution in [-0.2, 0) is 52.8 Å². The number of benzene rings is 2. The molecule has 0 atom stereocenters. The number of rotatable bonds is 0. The van der Waals surface area contributed by atoms with E-state index in [1.807, 2.05) is 24.5 Å². The van der Waals surface area contributed by atoms with Crippen molar-refractivity contribution in [3.63, 3.8) is 0 Å². The van der Waals surface area contributed by atoms with Crippen molar-refractivity contribution in [1.82, 2.24) is 9.38 Å². The van der Waals surface area contributed by atoms with Gasteiger partial charge < -0.3 is 11.8 Å². The standard InChI is InChI=1S/C17H13N2.CH3.Ir.Y/c1-11-9-12(2)16-15(10-11)13-5-3-4-6-14(13)17-18-7-8-19(16)17;;;/h3-5,7-10H,1-2H3;1H3;;/q2*-1;;. The van der Waals surface area contributed by atoms with Crippen molar-refractivity contribution in [2.75, 3.05) is 0 Å². The second-order valence-electron chi connectivity index (χ2n) is 5.06. The van der Waals surface area contributed by atoms with Gasteiger partial charge in [-0.1, -0.05) is 23.1 Å². The molecule has 0 aliphatic rings. The first-order valence-corrected chi connectivity index (χ1v) is 6.42. The third kappa shape index (κ3) is 2.80. The number of hydrogen-bond acceptors (Lipinski definition) is 1. The zero-order valence-electron chi connectivity index (χ0n) is 12.8. The summed E-state index contributed by atoms with van der Waals surface area (Å²) in [7, 11) is 0. The molecule has 0 aliphatic carbocycles. The van der Waals surface area contributed by atoms with Crippen LogP contribution in [0, 0.1) is 27.3 Å². The molecule has 0 saturated carbocycles. The number of aromatic nitrogens is 2. The number of hydrogen-bond donors (Lipinski definition) is 0. The Hall–Kier alpha value is -0.597. The minimum Gasteiger partial charge on any atom is -0.358 e. The summed E-state index contributed by atoms with van der Waals surface area (Å²) in [6.45, 7) is 4.30. The van der Waals surface area contributed by atoms with Gasteiger partial charge in [0, 0.05) is 70.7 Å². The Bertz CT molecular complexity index is 944. The Morgan fingerprint density at radius 2 is 1.91 bits per heavy atom. The molecule has 2 aromatic heterocycles. The zero-order chi connectivity index (χ0) is 13.0. The van der Waals surface area contributed by atoms with E-state index >= 15 is 0 Å². The zero-order valence-corrected chi connectivity index (χ0v) is 18.1. The van der Waals surface area contributed by atoms with Crippen molar-refractivity contribution >= 4 is 27.3 Å². The van der Waals surface area contributed by atoms with Crippen LogP contribution in [0.4, 0.5) is 0 Å². The van der Waals surface area contributed by atoms with E-state index in [9.17, 15) is 0 Å². The van der Waals surface area contributed by atoms with Crippen LogP contribution in [0.2, 0.25) is 0 Å². The van der Waals surface area contributed by atoms with Crippen LogP contribution in [0.5, 0.6) is 0 Å². The molecule has 0 saturated heterocycles. The number of fused-ring (bicyclic) bond motifs is 6. The minimum atomic E-state index is 0. The Balaban J connectivity index is 0.000000807. The van der Waals surface area contributed by atoms with Crippen molar-refractivity contribution < 1.29 is 52.8 Å². The summed E-state index contributed by atoms with van der Waals surface area (Å²) < 4.78 is 2.17. The maximum absolute atomic E-state index is 4.49. The second kappa shape index (κ2) is 7.32. The topological polar surface area (TPSA) is 17.3 Å². The van der Waals surface area contributed by atoms with Crippen molar-refractivity contribution in [2.45, 2.75) is 13.8 Å². The summed E-state index contributed by atoms with van der Waals surface area (Å²) >= 11 is 0. The van der Waals surface area contributed by atoms with E-state index in [0.29, 0.717) is 0 Å². The summed E-state index contributed by atoms with van der Waals surface area (Å²) in [6.07, 6.45) is 3.88. The van der Waals surface area contributed by atoms with Gasteiger partial charge in [-0.05, 0) is 24.8 Å². The molecular formula is C18H16IrN2Y-2. The van der Waals surface area contributed by atoms with E-state index < -0.39 is 0 Å². The average Bonchev–Trinajstić information content (AvgIpc) is 2.87. The fourth-order valence-corrected chi connectivity index (χ4v) is 3.00. The van der Waals surface area contributed by atoms with Gasteiger partial charge in [-0.3, -0.25) is 4.98 Å². The molecule has 2 radical (unpaired) electrons. The molecule has 2 heterocycles.